The molecule has 1 N–H and O–H groups in total. The van der Waals surface area contributed by atoms with Crippen LogP contribution in [-0.4, -0.2) is 46.2 Å². The topological polar surface area (TPSA) is 33.1 Å². The first kappa shape index (κ1) is 16.0. The molecule has 0 spiro atoms. The van der Waals surface area contributed by atoms with Crippen LogP contribution in [0.15, 0.2) is 18.7 Å². The van der Waals surface area contributed by atoms with Crippen LogP contribution in [0.3, 0.4) is 0 Å². The van der Waals surface area contributed by atoms with Crippen molar-refractivity contribution in [3.63, 3.8) is 0 Å². The molecule has 1 aliphatic heterocycles. The van der Waals surface area contributed by atoms with Gasteiger partial charge in [-0.2, -0.15) is 0 Å². The van der Waals surface area contributed by atoms with Gasteiger partial charge in [0.15, 0.2) is 0 Å². The summed E-state index contributed by atoms with van der Waals surface area (Å²) in [6.45, 7) is 7.24. The minimum absolute atomic E-state index is 0.736. The summed E-state index contributed by atoms with van der Waals surface area (Å²) in [5, 5.41) is 3.76. The third-order valence-corrected chi connectivity index (χ3v) is 5.54. The molecule has 0 radical (unpaired) electrons. The molecular formula is C18H32N4. The first-order valence-corrected chi connectivity index (χ1v) is 9.24. The highest BCUT2D eigenvalue weighted by Gasteiger charge is 2.27. The zero-order valence-corrected chi connectivity index (χ0v) is 14.1. The van der Waals surface area contributed by atoms with Crippen LogP contribution in [0.25, 0.3) is 0 Å². The predicted molar refractivity (Wildman–Crippen MR) is 90.9 cm³/mol. The van der Waals surface area contributed by atoms with E-state index < -0.39 is 0 Å². The smallest absolute Gasteiger partial charge is 0.0945 e. The zero-order chi connectivity index (χ0) is 15.2. The first-order valence-electron chi connectivity index (χ1n) is 9.24. The van der Waals surface area contributed by atoms with Crippen molar-refractivity contribution in [1.82, 2.24) is 19.8 Å². The second-order valence-corrected chi connectivity index (χ2v) is 7.34. The van der Waals surface area contributed by atoms with Crippen LogP contribution in [0, 0.1) is 5.92 Å². The maximum absolute atomic E-state index is 4.09. The highest BCUT2D eigenvalue weighted by atomic mass is 15.2. The van der Waals surface area contributed by atoms with Crippen LogP contribution in [0.1, 0.15) is 51.9 Å². The Morgan fingerprint density at radius 3 is 2.77 bits per heavy atom. The summed E-state index contributed by atoms with van der Waals surface area (Å²) in [6.07, 6.45) is 15.4. The van der Waals surface area contributed by atoms with Crippen LogP contribution < -0.4 is 5.32 Å². The van der Waals surface area contributed by atoms with Gasteiger partial charge in [-0.05, 0) is 57.7 Å². The number of nitrogens with one attached hydrogen (secondary N) is 1. The molecular weight excluding hydrogens is 272 g/mol. The summed E-state index contributed by atoms with van der Waals surface area (Å²) < 4.78 is 2.16. The Labute approximate surface area is 135 Å². The number of likely N-dealkylation sites (tertiary alicyclic amines) is 1. The van der Waals surface area contributed by atoms with Gasteiger partial charge in [0, 0.05) is 31.0 Å². The molecule has 0 aromatic carbocycles. The van der Waals surface area contributed by atoms with Gasteiger partial charge in [0.25, 0.3) is 0 Å². The molecule has 0 amide bonds. The van der Waals surface area contributed by atoms with Crippen molar-refractivity contribution in [3.05, 3.63) is 18.7 Å². The minimum atomic E-state index is 0.736. The van der Waals surface area contributed by atoms with Crippen LogP contribution in [0.4, 0.5) is 0 Å². The number of rotatable bonds is 6. The van der Waals surface area contributed by atoms with E-state index in [9.17, 15) is 0 Å². The molecule has 0 bridgehead atoms. The molecule has 1 saturated carbocycles. The molecule has 4 nitrogen and oxygen atoms in total. The summed E-state index contributed by atoms with van der Waals surface area (Å²) in [5.74, 6) is 0.942. The third-order valence-electron chi connectivity index (χ3n) is 5.54. The van der Waals surface area contributed by atoms with Gasteiger partial charge >= 0.3 is 0 Å². The number of nitrogens with zero attached hydrogens (tertiary/aromatic N) is 3. The Morgan fingerprint density at radius 1 is 1.18 bits per heavy atom. The van der Waals surface area contributed by atoms with Crippen molar-refractivity contribution >= 4 is 0 Å². The highest BCUT2D eigenvalue weighted by molar-refractivity contribution is 4.84. The highest BCUT2D eigenvalue weighted by Crippen LogP contribution is 2.29. The molecule has 22 heavy (non-hydrogen) atoms. The average molecular weight is 304 g/mol. The van der Waals surface area contributed by atoms with E-state index in [4.69, 9.17) is 0 Å². The maximum atomic E-state index is 4.09. The Morgan fingerprint density at radius 2 is 2.05 bits per heavy atom. The normalized spacial score (nSPS) is 28.0. The fourth-order valence-electron chi connectivity index (χ4n) is 4.19. The second kappa shape index (κ2) is 8.11. The molecule has 2 fully saturated rings. The summed E-state index contributed by atoms with van der Waals surface area (Å²) in [6, 6.07) is 1.62. The monoisotopic (exact) mass is 304 g/mol. The number of aryl methyl sites for hydroxylation is 1. The van der Waals surface area contributed by atoms with E-state index in [1.807, 2.05) is 18.7 Å². The molecule has 3 rings (SSSR count). The number of hydrogen-bond donors (Lipinski definition) is 1. The van der Waals surface area contributed by atoms with Crippen molar-refractivity contribution in [1.29, 1.82) is 0 Å². The van der Waals surface area contributed by atoms with Gasteiger partial charge < -0.3 is 14.8 Å². The third kappa shape index (κ3) is 4.56. The van der Waals surface area contributed by atoms with Crippen LogP contribution >= 0.6 is 0 Å². The quantitative estimate of drug-likeness (QED) is 0.820. The SMILES string of the molecule is C[C@H]1CCC[C@@H](N2CCC(NCCCn3ccnc3)CC2)C1. The van der Waals surface area contributed by atoms with Crippen molar-refractivity contribution < 1.29 is 0 Å². The molecule has 4 heteroatoms. The van der Waals surface area contributed by atoms with Gasteiger partial charge in [-0.15, -0.1) is 0 Å². The largest absolute Gasteiger partial charge is 0.337 e. The van der Waals surface area contributed by atoms with Gasteiger partial charge in [0.1, 0.15) is 0 Å². The van der Waals surface area contributed by atoms with Gasteiger partial charge in [-0.25, -0.2) is 4.98 Å². The summed E-state index contributed by atoms with van der Waals surface area (Å²) >= 11 is 0. The molecule has 1 aromatic rings. The molecule has 1 aliphatic carbocycles. The molecule has 2 aliphatic rings. The Bertz CT molecular complexity index is 409. The van der Waals surface area contributed by atoms with Gasteiger partial charge in [0.05, 0.1) is 6.33 Å². The zero-order valence-electron chi connectivity index (χ0n) is 14.1. The summed E-state index contributed by atoms with van der Waals surface area (Å²) in [4.78, 5) is 6.86. The fraction of sp³-hybridized carbons (Fsp3) is 0.833. The van der Waals surface area contributed by atoms with Gasteiger partial charge in [-0.1, -0.05) is 19.8 Å². The lowest BCUT2D eigenvalue weighted by Crippen LogP contribution is -2.48. The standard InChI is InChI=1S/C18H32N4/c1-16-4-2-5-18(14-16)22-11-6-17(7-12-22)20-8-3-10-21-13-9-19-15-21/h9,13,15-18,20H,2-8,10-12,14H2,1H3/t16-,18+/m0/s1. The first-order chi connectivity index (χ1) is 10.8. The van der Waals surface area contributed by atoms with Crippen molar-refractivity contribution in [2.75, 3.05) is 19.6 Å². The lowest BCUT2D eigenvalue weighted by atomic mass is 9.85. The van der Waals surface area contributed by atoms with Crippen LogP contribution in [0.5, 0.6) is 0 Å². The number of piperidine rings is 1. The van der Waals surface area contributed by atoms with Crippen molar-refractivity contribution in [2.24, 2.45) is 5.92 Å². The molecule has 124 valence electrons. The Balaban J connectivity index is 1.30. The lowest BCUT2D eigenvalue weighted by molar-refractivity contribution is 0.100. The van der Waals surface area contributed by atoms with E-state index in [0.29, 0.717) is 0 Å². The Kier molecular flexibility index (Phi) is 5.90. The fourth-order valence-corrected chi connectivity index (χ4v) is 4.19. The van der Waals surface area contributed by atoms with E-state index in [2.05, 4.69) is 26.7 Å². The van der Waals surface area contributed by atoms with Crippen LogP contribution in [-0.2, 0) is 6.54 Å². The van der Waals surface area contributed by atoms with E-state index in [1.54, 1.807) is 0 Å². The number of imidazole rings is 1. The van der Waals surface area contributed by atoms with Gasteiger partial charge in [0.2, 0.25) is 0 Å². The lowest BCUT2D eigenvalue weighted by Gasteiger charge is -2.41. The molecule has 2 heterocycles. The predicted octanol–water partition coefficient (Wildman–Crippen LogP) is 2.91. The van der Waals surface area contributed by atoms with E-state index >= 15 is 0 Å². The molecule has 2 atom stereocenters. The second-order valence-electron chi connectivity index (χ2n) is 7.34. The molecule has 1 saturated heterocycles. The van der Waals surface area contributed by atoms with E-state index in [0.717, 1.165) is 31.1 Å². The van der Waals surface area contributed by atoms with Crippen molar-refractivity contribution in [3.8, 4) is 0 Å². The molecule has 1 aromatic heterocycles. The summed E-state index contributed by atoms with van der Waals surface area (Å²) in [5.41, 5.74) is 0. The van der Waals surface area contributed by atoms with E-state index in [-0.39, 0.29) is 0 Å². The minimum Gasteiger partial charge on any atom is -0.337 e. The maximum Gasteiger partial charge on any atom is 0.0945 e. The number of aromatic nitrogens is 2. The Hall–Kier alpha value is -0.870. The van der Waals surface area contributed by atoms with Gasteiger partial charge in [-0.3, -0.25) is 0 Å². The number of hydrogen-bond acceptors (Lipinski definition) is 3. The average Bonchev–Trinajstić information content (AvgIpc) is 3.06. The molecule has 0 unspecified atom stereocenters. The van der Waals surface area contributed by atoms with Crippen molar-refractivity contribution in [2.45, 2.75) is 70.5 Å². The summed E-state index contributed by atoms with van der Waals surface area (Å²) in [7, 11) is 0. The van der Waals surface area contributed by atoms with E-state index in [1.165, 1.54) is 58.0 Å². The van der Waals surface area contributed by atoms with Crippen LogP contribution in [0.2, 0.25) is 0 Å².